The number of benzene rings is 2. The van der Waals surface area contributed by atoms with Crippen LogP contribution >= 0.6 is 0 Å². The molecule has 1 aliphatic heterocycles. The molecule has 1 N–H and O–H groups in total. The van der Waals surface area contributed by atoms with Gasteiger partial charge < -0.3 is 9.84 Å². The van der Waals surface area contributed by atoms with Crippen LogP contribution in [0.1, 0.15) is 37.8 Å². The maximum atomic E-state index is 15.8. The fourth-order valence-corrected chi connectivity index (χ4v) is 3.51. The smallest absolute Gasteiger partial charge is 0.270 e. The minimum absolute atomic E-state index is 0.262. The number of aliphatic hydroxyl groups is 1. The van der Waals surface area contributed by atoms with Crippen molar-refractivity contribution in [1.82, 2.24) is 0 Å². The molecule has 0 spiro atoms. The molecule has 1 saturated heterocycles. The first-order valence-electron chi connectivity index (χ1n) is 8.93. The lowest BCUT2D eigenvalue weighted by atomic mass is 9.74. The molecule has 0 aliphatic carbocycles. The molecule has 0 radical (unpaired) electrons. The molecule has 3 atom stereocenters. The molecule has 1 amide bonds. The van der Waals surface area contributed by atoms with Gasteiger partial charge in [0.2, 0.25) is 5.67 Å². The number of unbranched alkanes of at least 4 members (excludes halogenated alkanes) is 1. The van der Waals surface area contributed by atoms with Gasteiger partial charge in [0.25, 0.3) is 5.91 Å². The van der Waals surface area contributed by atoms with Crippen molar-refractivity contribution in [2.75, 3.05) is 12.0 Å². The quantitative estimate of drug-likeness (QED) is 0.761. The molecule has 4 nitrogen and oxygen atoms in total. The highest BCUT2D eigenvalue weighted by Gasteiger charge is 2.66. The second kappa shape index (κ2) is 7.46. The highest BCUT2D eigenvalue weighted by molar-refractivity contribution is 6.09. The highest BCUT2D eigenvalue weighted by atomic mass is 19.1. The standard InChI is InChI=1S/C21H24FNO3/c1-3-4-10-18(24)21(22)19(15-8-6-5-7-9-15)23(20(21)25)16-11-13-17(26-2)14-12-16/h5-9,11-14,18-19,24H,3-4,10H2,1-2H3/t18?,19-,21+/m0/s1. The van der Waals surface area contributed by atoms with Gasteiger partial charge >= 0.3 is 0 Å². The van der Waals surface area contributed by atoms with E-state index in [0.29, 0.717) is 23.4 Å². The van der Waals surface area contributed by atoms with Crippen LogP contribution in [-0.2, 0) is 4.79 Å². The van der Waals surface area contributed by atoms with Crippen molar-refractivity contribution in [3.63, 3.8) is 0 Å². The van der Waals surface area contributed by atoms with E-state index in [9.17, 15) is 9.90 Å². The predicted molar refractivity (Wildman–Crippen MR) is 99.0 cm³/mol. The number of carbonyl (C=O) groups excluding carboxylic acids is 1. The van der Waals surface area contributed by atoms with Crippen LogP contribution in [-0.4, -0.2) is 29.9 Å². The third-order valence-electron chi connectivity index (χ3n) is 4.98. The monoisotopic (exact) mass is 357 g/mol. The zero-order valence-electron chi connectivity index (χ0n) is 15.1. The molecule has 5 heteroatoms. The van der Waals surface area contributed by atoms with Crippen LogP contribution in [0.3, 0.4) is 0 Å². The summed E-state index contributed by atoms with van der Waals surface area (Å²) in [5.41, 5.74) is -1.06. The molecule has 3 rings (SSSR count). The lowest BCUT2D eigenvalue weighted by Crippen LogP contribution is -2.71. The molecule has 138 valence electrons. The maximum absolute atomic E-state index is 15.8. The number of carbonyl (C=O) groups is 1. The van der Waals surface area contributed by atoms with E-state index in [0.717, 1.165) is 6.42 Å². The molecule has 1 fully saturated rings. The molecule has 2 aromatic carbocycles. The van der Waals surface area contributed by atoms with Crippen molar-refractivity contribution in [3.05, 3.63) is 60.2 Å². The van der Waals surface area contributed by atoms with Crippen molar-refractivity contribution >= 4 is 11.6 Å². The van der Waals surface area contributed by atoms with E-state index in [1.807, 2.05) is 25.1 Å². The Hall–Kier alpha value is -2.40. The average Bonchev–Trinajstić information content (AvgIpc) is 2.69. The Balaban J connectivity index is 1.98. The molecule has 0 saturated carbocycles. The summed E-state index contributed by atoms with van der Waals surface area (Å²) in [5, 5.41) is 10.5. The summed E-state index contributed by atoms with van der Waals surface area (Å²) >= 11 is 0. The van der Waals surface area contributed by atoms with Crippen molar-refractivity contribution in [1.29, 1.82) is 0 Å². The Morgan fingerprint density at radius 1 is 1.19 bits per heavy atom. The molecule has 0 bridgehead atoms. The van der Waals surface area contributed by atoms with Crippen LogP contribution in [0.15, 0.2) is 54.6 Å². The van der Waals surface area contributed by atoms with E-state index in [4.69, 9.17) is 4.74 Å². The first-order valence-corrected chi connectivity index (χ1v) is 8.93. The van der Waals surface area contributed by atoms with Gasteiger partial charge in [-0.15, -0.1) is 0 Å². The topological polar surface area (TPSA) is 49.8 Å². The van der Waals surface area contributed by atoms with Crippen LogP contribution in [0.2, 0.25) is 0 Å². The Bertz CT molecular complexity index is 750. The molecular formula is C21H24FNO3. The molecular weight excluding hydrogens is 333 g/mol. The highest BCUT2D eigenvalue weighted by Crippen LogP contribution is 2.51. The molecule has 2 aromatic rings. The fourth-order valence-electron chi connectivity index (χ4n) is 3.51. The Labute approximate surface area is 153 Å². The van der Waals surface area contributed by atoms with E-state index < -0.39 is 23.7 Å². The van der Waals surface area contributed by atoms with Crippen LogP contribution in [0.25, 0.3) is 0 Å². The van der Waals surface area contributed by atoms with Gasteiger partial charge in [-0.25, -0.2) is 4.39 Å². The van der Waals surface area contributed by atoms with Gasteiger partial charge in [0.05, 0.1) is 13.2 Å². The van der Waals surface area contributed by atoms with Gasteiger partial charge in [0, 0.05) is 5.69 Å². The Kier molecular flexibility index (Phi) is 5.28. The first-order chi connectivity index (χ1) is 12.5. The number of anilines is 1. The number of halogens is 1. The maximum Gasteiger partial charge on any atom is 0.270 e. The SMILES string of the molecule is CCCCC(O)[C@]1(F)C(=O)N(c2ccc(OC)cc2)[C@H]1c1ccccc1. The lowest BCUT2D eigenvalue weighted by molar-refractivity contribution is -0.156. The Morgan fingerprint density at radius 3 is 2.42 bits per heavy atom. The number of nitrogens with zero attached hydrogens (tertiary/aromatic N) is 1. The molecule has 1 heterocycles. The zero-order valence-corrected chi connectivity index (χ0v) is 15.1. The number of alkyl halides is 1. The fraction of sp³-hybridized carbons (Fsp3) is 0.381. The minimum Gasteiger partial charge on any atom is -0.497 e. The zero-order chi connectivity index (χ0) is 18.7. The number of hydrogen-bond acceptors (Lipinski definition) is 3. The normalized spacial score (nSPS) is 23.5. The summed E-state index contributed by atoms with van der Waals surface area (Å²) in [5.74, 6) is -0.0346. The minimum atomic E-state index is -2.31. The summed E-state index contributed by atoms with van der Waals surface area (Å²) < 4.78 is 20.9. The predicted octanol–water partition coefficient (Wildman–Crippen LogP) is 4.04. The van der Waals surface area contributed by atoms with Gasteiger partial charge in [-0.05, 0) is 36.2 Å². The van der Waals surface area contributed by atoms with Crippen molar-refractivity contribution in [3.8, 4) is 5.75 Å². The summed E-state index contributed by atoms with van der Waals surface area (Å²) in [7, 11) is 1.56. The van der Waals surface area contributed by atoms with Crippen LogP contribution in [0, 0.1) is 0 Å². The molecule has 1 aliphatic rings. The van der Waals surface area contributed by atoms with Crippen LogP contribution < -0.4 is 9.64 Å². The molecule has 0 aromatic heterocycles. The number of aliphatic hydroxyl groups excluding tert-OH is 1. The van der Waals surface area contributed by atoms with E-state index >= 15 is 4.39 Å². The largest absolute Gasteiger partial charge is 0.497 e. The number of amides is 1. The van der Waals surface area contributed by atoms with Gasteiger partial charge in [-0.3, -0.25) is 9.69 Å². The number of methoxy groups -OCH3 is 1. The first kappa shape index (κ1) is 18.4. The number of ether oxygens (including phenoxy) is 1. The molecule has 26 heavy (non-hydrogen) atoms. The average molecular weight is 357 g/mol. The van der Waals surface area contributed by atoms with E-state index in [1.54, 1.807) is 43.5 Å². The van der Waals surface area contributed by atoms with E-state index in [2.05, 4.69) is 0 Å². The summed E-state index contributed by atoms with van der Waals surface area (Å²) in [6.45, 7) is 1.97. The third-order valence-corrected chi connectivity index (χ3v) is 4.98. The summed E-state index contributed by atoms with van der Waals surface area (Å²) in [6, 6.07) is 15.1. The second-order valence-electron chi connectivity index (χ2n) is 6.61. The lowest BCUT2D eigenvalue weighted by Gasteiger charge is -2.53. The van der Waals surface area contributed by atoms with E-state index in [-0.39, 0.29) is 6.42 Å². The number of β-lactam (4-membered cyclic amide) rings is 1. The number of hydrogen-bond donors (Lipinski definition) is 1. The molecule has 1 unspecified atom stereocenters. The van der Waals surface area contributed by atoms with Crippen LogP contribution in [0.4, 0.5) is 10.1 Å². The van der Waals surface area contributed by atoms with Gasteiger partial charge in [-0.2, -0.15) is 0 Å². The third kappa shape index (κ3) is 2.97. The summed E-state index contributed by atoms with van der Waals surface area (Å²) in [4.78, 5) is 14.2. The van der Waals surface area contributed by atoms with Crippen molar-refractivity contribution < 1.29 is 19.0 Å². The van der Waals surface area contributed by atoms with Crippen LogP contribution in [0.5, 0.6) is 5.75 Å². The number of rotatable bonds is 7. The van der Waals surface area contributed by atoms with Crippen molar-refractivity contribution in [2.45, 2.75) is 44.0 Å². The van der Waals surface area contributed by atoms with Gasteiger partial charge in [0.1, 0.15) is 11.8 Å². The van der Waals surface area contributed by atoms with Gasteiger partial charge in [-0.1, -0.05) is 50.1 Å². The van der Waals surface area contributed by atoms with Crippen molar-refractivity contribution in [2.24, 2.45) is 0 Å². The Morgan fingerprint density at radius 2 is 1.85 bits per heavy atom. The van der Waals surface area contributed by atoms with Gasteiger partial charge in [0.15, 0.2) is 0 Å². The second-order valence-corrected chi connectivity index (χ2v) is 6.61. The van der Waals surface area contributed by atoms with E-state index in [1.165, 1.54) is 4.90 Å². The summed E-state index contributed by atoms with van der Waals surface area (Å²) in [6.07, 6.45) is 0.442.